The summed E-state index contributed by atoms with van der Waals surface area (Å²) in [6, 6.07) is 4.85. The van der Waals surface area contributed by atoms with E-state index in [1.54, 1.807) is 18.3 Å². The summed E-state index contributed by atoms with van der Waals surface area (Å²) in [6.45, 7) is 2.10. The van der Waals surface area contributed by atoms with E-state index in [0.717, 1.165) is 25.9 Å². The normalized spacial score (nSPS) is 16.1. The predicted octanol–water partition coefficient (Wildman–Crippen LogP) is 3.39. The minimum atomic E-state index is -0.465. The fraction of sp³-hybridized carbons (Fsp3) is 0.333. The Morgan fingerprint density at radius 1 is 1.19 bits per heavy atom. The standard InChI is InChI=1S/C18H18ClFN6/c1-26-6-4-12(5-7-26)24-18-21-9-15-17(25-18)16(23-10-22-15)11-2-3-14(20)13(19)8-11/h2-3,8-10,12H,4-7H2,1H3,(H,21,24,25). The van der Waals surface area contributed by atoms with Crippen LogP contribution in [0.2, 0.25) is 5.02 Å². The third-order valence-electron chi connectivity index (χ3n) is 4.62. The highest BCUT2D eigenvalue weighted by Crippen LogP contribution is 2.28. The molecule has 0 amide bonds. The maximum atomic E-state index is 13.5. The predicted molar refractivity (Wildman–Crippen MR) is 99.7 cm³/mol. The van der Waals surface area contributed by atoms with E-state index >= 15 is 0 Å². The van der Waals surface area contributed by atoms with Crippen molar-refractivity contribution in [2.45, 2.75) is 18.9 Å². The van der Waals surface area contributed by atoms with Crippen LogP contribution in [0.3, 0.4) is 0 Å². The molecule has 26 heavy (non-hydrogen) atoms. The van der Waals surface area contributed by atoms with Crippen LogP contribution in [0, 0.1) is 5.82 Å². The Labute approximate surface area is 155 Å². The van der Waals surface area contributed by atoms with Gasteiger partial charge in [0.05, 0.1) is 11.2 Å². The van der Waals surface area contributed by atoms with E-state index in [1.807, 2.05) is 0 Å². The van der Waals surface area contributed by atoms with Gasteiger partial charge >= 0.3 is 0 Å². The van der Waals surface area contributed by atoms with Crippen LogP contribution >= 0.6 is 11.6 Å². The van der Waals surface area contributed by atoms with Crippen LogP contribution in [0.25, 0.3) is 22.3 Å². The number of nitrogens with one attached hydrogen (secondary N) is 1. The van der Waals surface area contributed by atoms with Gasteiger partial charge in [-0.2, -0.15) is 0 Å². The molecule has 8 heteroatoms. The smallest absolute Gasteiger partial charge is 0.223 e. The van der Waals surface area contributed by atoms with Crippen molar-refractivity contribution in [2.24, 2.45) is 0 Å². The molecule has 0 saturated carbocycles. The van der Waals surface area contributed by atoms with E-state index in [0.29, 0.717) is 34.3 Å². The highest BCUT2D eigenvalue weighted by atomic mass is 35.5. The monoisotopic (exact) mass is 372 g/mol. The van der Waals surface area contributed by atoms with Crippen molar-refractivity contribution in [1.29, 1.82) is 0 Å². The number of anilines is 1. The lowest BCUT2D eigenvalue weighted by Gasteiger charge is -2.29. The fourth-order valence-electron chi connectivity index (χ4n) is 3.11. The van der Waals surface area contributed by atoms with Crippen LogP contribution in [0.4, 0.5) is 10.3 Å². The Morgan fingerprint density at radius 3 is 2.77 bits per heavy atom. The largest absolute Gasteiger partial charge is 0.351 e. The number of hydrogen-bond acceptors (Lipinski definition) is 6. The minimum Gasteiger partial charge on any atom is -0.351 e. The number of benzene rings is 1. The van der Waals surface area contributed by atoms with Crippen LogP contribution in [0.1, 0.15) is 12.8 Å². The molecule has 4 rings (SSSR count). The molecule has 1 N–H and O–H groups in total. The third kappa shape index (κ3) is 3.45. The highest BCUT2D eigenvalue weighted by molar-refractivity contribution is 6.31. The second-order valence-electron chi connectivity index (χ2n) is 6.50. The molecule has 0 aliphatic carbocycles. The zero-order valence-corrected chi connectivity index (χ0v) is 15.0. The Bertz CT molecular complexity index is 942. The first-order valence-electron chi connectivity index (χ1n) is 8.48. The molecule has 134 valence electrons. The van der Waals surface area contributed by atoms with Crippen LogP contribution < -0.4 is 5.32 Å². The summed E-state index contributed by atoms with van der Waals surface area (Å²) in [5.41, 5.74) is 2.53. The van der Waals surface area contributed by atoms with E-state index in [-0.39, 0.29) is 5.02 Å². The number of piperidine rings is 1. The van der Waals surface area contributed by atoms with Gasteiger partial charge in [0.1, 0.15) is 28.9 Å². The van der Waals surface area contributed by atoms with Crippen LogP contribution in [-0.2, 0) is 0 Å². The summed E-state index contributed by atoms with van der Waals surface area (Å²) >= 11 is 5.92. The lowest BCUT2D eigenvalue weighted by atomic mass is 10.1. The molecular formula is C18H18ClFN6. The highest BCUT2D eigenvalue weighted by Gasteiger charge is 2.18. The number of halogens is 2. The first-order chi connectivity index (χ1) is 12.6. The van der Waals surface area contributed by atoms with Crippen molar-refractivity contribution in [3.63, 3.8) is 0 Å². The number of aromatic nitrogens is 4. The summed E-state index contributed by atoms with van der Waals surface area (Å²) in [5.74, 6) is 0.0874. The van der Waals surface area contributed by atoms with Gasteiger partial charge in [-0.25, -0.2) is 24.3 Å². The summed E-state index contributed by atoms with van der Waals surface area (Å²) in [5, 5.41) is 3.45. The van der Waals surface area contributed by atoms with Crippen LogP contribution in [-0.4, -0.2) is 51.0 Å². The molecule has 0 radical (unpaired) electrons. The summed E-state index contributed by atoms with van der Waals surface area (Å²) in [7, 11) is 2.13. The Morgan fingerprint density at radius 2 is 2.00 bits per heavy atom. The zero-order valence-electron chi connectivity index (χ0n) is 14.3. The molecule has 1 saturated heterocycles. The summed E-state index contributed by atoms with van der Waals surface area (Å²) in [6.07, 6.45) is 5.21. The molecule has 1 aromatic carbocycles. The van der Waals surface area contributed by atoms with Gasteiger partial charge < -0.3 is 10.2 Å². The van der Waals surface area contributed by atoms with Gasteiger partial charge in [-0.3, -0.25) is 0 Å². The van der Waals surface area contributed by atoms with Gasteiger partial charge in [-0.15, -0.1) is 0 Å². The molecule has 1 fully saturated rings. The maximum absolute atomic E-state index is 13.5. The van der Waals surface area contributed by atoms with Crippen molar-refractivity contribution in [3.8, 4) is 11.3 Å². The summed E-state index contributed by atoms with van der Waals surface area (Å²) < 4.78 is 13.5. The third-order valence-corrected chi connectivity index (χ3v) is 4.91. The molecule has 0 unspecified atom stereocenters. The molecule has 3 aromatic rings. The average Bonchev–Trinajstić information content (AvgIpc) is 2.65. The second kappa shape index (κ2) is 7.09. The Kier molecular flexibility index (Phi) is 4.65. The van der Waals surface area contributed by atoms with E-state index < -0.39 is 5.82 Å². The molecule has 1 aliphatic rings. The maximum Gasteiger partial charge on any atom is 0.223 e. The zero-order chi connectivity index (χ0) is 18.1. The molecule has 0 spiro atoms. The number of fused-ring (bicyclic) bond motifs is 1. The van der Waals surface area contributed by atoms with E-state index in [1.165, 1.54) is 12.4 Å². The summed E-state index contributed by atoms with van der Waals surface area (Å²) in [4.78, 5) is 19.9. The first kappa shape index (κ1) is 17.1. The molecule has 1 aliphatic heterocycles. The van der Waals surface area contributed by atoms with Crippen molar-refractivity contribution in [1.82, 2.24) is 24.8 Å². The first-order valence-corrected chi connectivity index (χ1v) is 8.86. The van der Waals surface area contributed by atoms with E-state index in [9.17, 15) is 4.39 Å². The number of rotatable bonds is 3. The Balaban J connectivity index is 1.69. The Hall–Kier alpha value is -2.38. The molecule has 0 atom stereocenters. The lowest BCUT2D eigenvalue weighted by molar-refractivity contribution is 0.263. The fourth-order valence-corrected chi connectivity index (χ4v) is 3.29. The van der Waals surface area contributed by atoms with Gasteiger partial charge in [0, 0.05) is 11.6 Å². The average molecular weight is 373 g/mol. The van der Waals surface area contributed by atoms with E-state index in [4.69, 9.17) is 11.6 Å². The SMILES string of the molecule is CN1CCC(Nc2ncc3ncnc(-c4ccc(F)c(Cl)c4)c3n2)CC1. The molecule has 3 heterocycles. The molecule has 2 aromatic heterocycles. The van der Waals surface area contributed by atoms with Crippen molar-refractivity contribution in [3.05, 3.63) is 41.6 Å². The molecule has 0 bridgehead atoms. The van der Waals surface area contributed by atoms with Gasteiger partial charge in [0.2, 0.25) is 5.95 Å². The van der Waals surface area contributed by atoms with Gasteiger partial charge in [-0.1, -0.05) is 11.6 Å². The van der Waals surface area contributed by atoms with Crippen LogP contribution in [0.5, 0.6) is 0 Å². The molecular weight excluding hydrogens is 355 g/mol. The minimum absolute atomic E-state index is 0.0491. The number of hydrogen-bond donors (Lipinski definition) is 1. The van der Waals surface area contributed by atoms with Gasteiger partial charge in [0.25, 0.3) is 0 Å². The van der Waals surface area contributed by atoms with Crippen LogP contribution in [0.15, 0.2) is 30.7 Å². The van der Waals surface area contributed by atoms with E-state index in [2.05, 4.69) is 37.2 Å². The van der Waals surface area contributed by atoms with Crippen molar-refractivity contribution < 1.29 is 4.39 Å². The lowest BCUT2D eigenvalue weighted by Crippen LogP contribution is -2.37. The van der Waals surface area contributed by atoms with Gasteiger partial charge in [-0.05, 0) is 51.2 Å². The number of likely N-dealkylation sites (tertiary alicyclic amines) is 1. The molecule has 6 nitrogen and oxygen atoms in total. The number of nitrogens with zero attached hydrogens (tertiary/aromatic N) is 5. The van der Waals surface area contributed by atoms with Gasteiger partial charge in [0.15, 0.2) is 0 Å². The quantitative estimate of drug-likeness (QED) is 0.760. The van der Waals surface area contributed by atoms with Crippen molar-refractivity contribution in [2.75, 3.05) is 25.5 Å². The topological polar surface area (TPSA) is 66.8 Å². The second-order valence-corrected chi connectivity index (χ2v) is 6.91. The van der Waals surface area contributed by atoms with Crippen molar-refractivity contribution >= 4 is 28.6 Å².